The van der Waals surface area contributed by atoms with Crippen LogP contribution >= 0.6 is 0 Å². The van der Waals surface area contributed by atoms with Crippen molar-refractivity contribution in [2.24, 2.45) is 11.5 Å². The summed E-state index contributed by atoms with van der Waals surface area (Å²) in [7, 11) is 1.35. The molecule has 0 aromatic rings. The van der Waals surface area contributed by atoms with Gasteiger partial charge >= 0.3 is 12.0 Å². The highest BCUT2D eigenvalue weighted by Gasteiger charge is 2.20. The first-order chi connectivity index (χ1) is 10.7. The number of hydrogen-bond acceptors (Lipinski definition) is 7. The summed E-state index contributed by atoms with van der Waals surface area (Å²) in [5.41, 5.74) is 13.0. The molecule has 0 aromatic heterocycles. The van der Waals surface area contributed by atoms with Crippen molar-refractivity contribution in [3.8, 4) is 0 Å². The number of aliphatic hydroxyl groups excluding tert-OH is 1. The molecule has 0 aromatic carbocycles. The molecule has 9 N–H and O–H groups in total. The summed E-state index contributed by atoms with van der Waals surface area (Å²) < 4.78 is 0. The third-order valence-corrected chi connectivity index (χ3v) is 2.60. The molecular formula is C11H22N6O6. The Kier molecular flexibility index (Phi) is 9.22. The maximum atomic E-state index is 11.6. The Bertz CT molecular complexity index is 445. The number of urea groups is 1. The molecular weight excluding hydrogens is 312 g/mol. The Morgan fingerprint density at radius 2 is 1.87 bits per heavy atom. The molecule has 0 spiro atoms. The number of carbonyl (C=O) groups excluding carboxylic acids is 3. The van der Waals surface area contributed by atoms with Gasteiger partial charge in [0.1, 0.15) is 12.6 Å². The molecule has 0 aliphatic heterocycles. The summed E-state index contributed by atoms with van der Waals surface area (Å²) in [6.45, 7) is -1.18. The second-order valence-electron chi connectivity index (χ2n) is 4.64. The van der Waals surface area contributed by atoms with Crippen molar-refractivity contribution in [2.45, 2.75) is 18.5 Å². The molecule has 12 heteroatoms. The Morgan fingerprint density at radius 1 is 1.26 bits per heavy atom. The summed E-state index contributed by atoms with van der Waals surface area (Å²) in [4.78, 5) is 44.4. The number of aliphatic carboxylic acids is 1. The lowest BCUT2D eigenvalue weighted by atomic mass is 10.2. The van der Waals surface area contributed by atoms with Crippen LogP contribution < -0.4 is 27.5 Å². The first-order valence-electron chi connectivity index (χ1n) is 6.59. The quantitative estimate of drug-likeness (QED) is 0.195. The van der Waals surface area contributed by atoms with Crippen LogP contribution in [-0.4, -0.2) is 77.9 Å². The van der Waals surface area contributed by atoms with E-state index in [1.54, 1.807) is 0 Å². The number of carbonyl (C=O) groups is 4. The molecule has 0 aliphatic carbocycles. The standard InChI is InChI=1S/C11H22N6O6/c1-17(10(22)7(12)5-18)15-3-6(2-8(13)19)16-11(23)14-4-9(20)21/h6-7,15,18H,2-5,12H2,1H3,(H2,13,19)(H,20,21)(H2,14,16,23). The van der Waals surface area contributed by atoms with Crippen molar-refractivity contribution < 1.29 is 29.4 Å². The average molecular weight is 334 g/mol. The van der Waals surface area contributed by atoms with Crippen LogP contribution in [0.25, 0.3) is 0 Å². The molecule has 0 saturated heterocycles. The molecule has 0 aliphatic rings. The Morgan fingerprint density at radius 3 is 2.35 bits per heavy atom. The van der Waals surface area contributed by atoms with E-state index in [1.807, 2.05) is 0 Å². The normalized spacial score (nSPS) is 12.8. The molecule has 12 nitrogen and oxygen atoms in total. The number of rotatable bonds is 10. The number of hydrazine groups is 1. The fourth-order valence-electron chi connectivity index (χ4n) is 1.46. The summed E-state index contributed by atoms with van der Waals surface area (Å²) >= 11 is 0. The molecule has 2 atom stereocenters. The van der Waals surface area contributed by atoms with Gasteiger partial charge in [0.2, 0.25) is 5.91 Å². The third kappa shape index (κ3) is 9.23. The highest BCUT2D eigenvalue weighted by atomic mass is 16.4. The number of nitrogens with one attached hydrogen (secondary N) is 3. The lowest BCUT2D eigenvalue weighted by Gasteiger charge is -2.25. The van der Waals surface area contributed by atoms with Crippen LogP contribution in [0.2, 0.25) is 0 Å². The number of likely N-dealkylation sites (N-methyl/N-ethyl adjacent to an activating group) is 1. The van der Waals surface area contributed by atoms with Gasteiger partial charge in [-0.05, 0) is 0 Å². The Labute approximate surface area is 132 Å². The van der Waals surface area contributed by atoms with Crippen LogP contribution in [0.4, 0.5) is 4.79 Å². The maximum absolute atomic E-state index is 11.6. The lowest BCUT2D eigenvalue weighted by molar-refractivity contribution is -0.136. The van der Waals surface area contributed by atoms with Gasteiger partial charge in [-0.3, -0.25) is 19.4 Å². The summed E-state index contributed by atoms with van der Waals surface area (Å²) in [6, 6.07) is -2.70. The Hall–Kier alpha value is -2.44. The highest BCUT2D eigenvalue weighted by Crippen LogP contribution is 1.92. The number of hydrogen-bond donors (Lipinski definition) is 7. The minimum Gasteiger partial charge on any atom is -0.480 e. The minimum atomic E-state index is -1.23. The largest absolute Gasteiger partial charge is 0.480 e. The van der Waals surface area contributed by atoms with E-state index in [0.717, 1.165) is 5.01 Å². The number of amides is 4. The fraction of sp³-hybridized carbons (Fsp3) is 0.636. The van der Waals surface area contributed by atoms with E-state index in [0.29, 0.717) is 0 Å². The smallest absolute Gasteiger partial charge is 0.323 e. The number of primary amides is 1. The molecule has 0 rings (SSSR count). The number of aliphatic hydroxyl groups is 1. The van der Waals surface area contributed by atoms with E-state index < -0.39 is 49.1 Å². The zero-order valence-corrected chi connectivity index (χ0v) is 12.6. The van der Waals surface area contributed by atoms with Crippen LogP contribution in [-0.2, 0) is 14.4 Å². The first-order valence-corrected chi connectivity index (χ1v) is 6.59. The first kappa shape index (κ1) is 20.6. The van der Waals surface area contributed by atoms with E-state index in [2.05, 4.69) is 16.1 Å². The van der Waals surface area contributed by atoms with Gasteiger partial charge in [-0.2, -0.15) is 0 Å². The van der Waals surface area contributed by atoms with Crippen molar-refractivity contribution in [3.63, 3.8) is 0 Å². The number of nitrogens with zero attached hydrogens (tertiary/aromatic N) is 1. The molecule has 23 heavy (non-hydrogen) atoms. The predicted octanol–water partition coefficient (Wildman–Crippen LogP) is -4.10. The maximum Gasteiger partial charge on any atom is 0.323 e. The molecule has 0 bridgehead atoms. The van der Waals surface area contributed by atoms with Crippen molar-refractivity contribution in [2.75, 3.05) is 26.7 Å². The van der Waals surface area contributed by atoms with Gasteiger partial charge in [0, 0.05) is 20.0 Å². The van der Waals surface area contributed by atoms with Crippen molar-refractivity contribution >= 4 is 23.8 Å². The molecule has 0 radical (unpaired) electrons. The topological polar surface area (TPSA) is 200 Å². The highest BCUT2D eigenvalue weighted by molar-refractivity contribution is 5.82. The summed E-state index contributed by atoms with van der Waals surface area (Å²) in [5, 5.41) is 22.7. The van der Waals surface area contributed by atoms with Crippen LogP contribution in [0.3, 0.4) is 0 Å². The van der Waals surface area contributed by atoms with Gasteiger partial charge in [-0.1, -0.05) is 0 Å². The molecule has 0 fully saturated rings. The average Bonchev–Trinajstić information content (AvgIpc) is 2.48. The van der Waals surface area contributed by atoms with Gasteiger partial charge in [-0.15, -0.1) is 0 Å². The van der Waals surface area contributed by atoms with Crippen LogP contribution in [0, 0.1) is 0 Å². The van der Waals surface area contributed by atoms with E-state index in [9.17, 15) is 19.2 Å². The SMILES string of the molecule is CN(NCC(CC(N)=O)NC(=O)NCC(=O)O)C(=O)C(N)CO. The monoisotopic (exact) mass is 334 g/mol. The molecule has 132 valence electrons. The van der Waals surface area contributed by atoms with Crippen molar-refractivity contribution in [1.82, 2.24) is 21.1 Å². The van der Waals surface area contributed by atoms with E-state index in [1.165, 1.54) is 7.05 Å². The zero-order valence-electron chi connectivity index (χ0n) is 12.6. The number of nitrogens with two attached hydrogens (primary N) is 2. The van der Waals surface area contributed by atoms with Gasteiger partial charge < -0.3 is 32.3 Å². The van der Waals surface area contributed by atoms with Gasteiger partial charge in [-0.25, -0.2) is 10.2 Å². The predicted molar refractivity (Wildman–Crippen MR) is 77.6 cm³/mol. The van der Waals surface area contributed by atoms with Crippen LogP contribution in [0.1, 0.15) is 6.42 Å². The molecule has 4 amide bonds. The molecule has 0 saturated carbocycles. The second-order valence-corrected chi connectivity index (χ2v) is 4.64. The molecule has 0 heterocycles. The lowest BCUT2D eigenvalue weighted by Crippen LogP contribution is -2.55. The van der Waals surface area contributed by atoms with Crippen LogP contribution in [0.5, 0.6) is 0 Å². The van der Waals surface area contributed by atoms with E-state index >= 15 is 0 Å². The van der Waals surface area contributed by atoms with Crippen molar-refractivity contribution in [1.29, 1.82) is 0 Å². The van der Waals surface area contributed by atoms with Gasteiger partial charge in [0.05, 0.1) is 12.6 Å². The van der Waals surface area contributed by atoms with Gasteiger partial charge in [0.15, 0.2) is 0 Å². The zero-order chi connectivity index (χ0) is 18.0. The number of carboxylic acids is 1. The summed E-state index contributed by atoms with van der Waals surface area (Å²) in [5.74, 6) is -2.52. The number of carboxylic acid groups (broad SMARTS) is 1. The van der Waals surface area contributed by atoms with Crippen LogP contribution in [0.15, 0.2) is 0 Å². The summed E-state index contributed by atoms with van der Waals surface area (Å²) in [6.07, 6.45) is -0.235. The third-order valence-electron chi connectivity index (χ3n) is 2.60. The molecule has 2 unspecified atom stereocenters. The fourth-order valence-corrected chi connectivity index (χ4v) is 1.46. The Balaban J connectivity index is 4.49. The minimum absolute atomic E-state index is 0.0518. The van der Waals surface area contributed by atoms with E-state index in [4.69, 9.17) is 21.7 Å². The second kappa shape index (κ2) is 10.3. The van der Waals surface area contributed by atoms with Crippen molar-refractivity contribution in [3.05, 3.63) is 0 Å². The van der Waals surface area contributed by atoms with Gasteiger partial charge in [0.25, 0.3) is 5.91 Å². The van der Waals surface area contributed by atoms with E-state index in [-0.39, 0.29) is 13.0 Å².